The largest absolute Gasteiger partial charge is 0.482 e. The molecule has 0 fully saturated rings. The molecule has 6 nitrogen and oxygen atoms in total. The van der Waals surface area contributed by atoms with Gasteiger partial charge in [-0.1, -0.05) is 18.2 Å². The second kappa shape index (κ2) is 6.62. The lowest BCUT2D eigenvalue weighted by Crippen LogP contribution is -2.27. The van der Waals surface area contributed by atoms with E-state index in [0.717, 1.165) is 11.1 Å². The quantitative estimate of drug-likeness (QED) is 0.865. The first-order valence-corrected chi connectivity index (χ1v) is 9.04. The molecule has 1 heterocycles. The molecule has 0 unspecified atom stereocenters. The molecule has 1 aliphatic rings. The van der Waals surface area contributed by atoms with Gasteiger partial charge in [-0.3, -0.25) is 4.79 Å². The highest BCUT2D eigenvalue weighted by molar-refractivity contribution is 7.89. The second-order valence-electron chi connectivity index (χ2n) is 5.63. The molecule has 0 saturated carbocycles. The van der Waals surface area contributed by atoms with E-state index in [1.54, 1.807) is 30.3 Å². The lowest BCUT2D eigenvalue weighted by molar-refractivity contribution is -0.118. The molecule has 1 aliphatic heterocycles. The van der Waals surface area contributed by atoms with Crippen molar-refractivity contribution in [3.05, 3.63) is 53.6 Å². The first kappa shape index (κ1) is 16.5. The highest BCUT2D eigenvalue weighted by Gasteiger charge is 2.16. The van der Waals surface area contributed by atoms with E-state index in [-0.39, 0.29) is 24.0 Å². The molecule has 7 heteroatoms. The number of ether oxygens (including phenoxy) is 1. The number of carbonyl (C=O) groups is 1. The van der Waals surface area contributed by atoms with Crippen LogP contribution in [0.25, 0.3) is 0 Å². The monoisotopic (exact) mass is 346 g/mol. The Balaban J connectivity index is 1.64. The van der Waals surface area contributed by atoms with Gasteiger partial charge in [0.05, 0.1) is 10.6 Å². The Kier molecular flexibility index (Phi) is 4.55. The molecule has 0 atom stereocenters. The van der Waals surface area contributed by atoms with Gasteiger partial charge in [-0.2, -0.15) is 0 Å². The number of anilines is 1. The number of carbonyl (C=O) groups excluding carboxylic acids is 1. The standard InChI is InChI=1S/C17H18N2O4S/c1-12-3-2-4-14(9-12)24(21,22)18-8-7-13-5-6-16-15(10-13)19-17(20)11-23-16/h2-6,9-10,18H,7-8,11H2,1H3,(H,19,20). The molecule has 0 radical (unpaired) electrons. The van der Waals surface area contributed by atoms with Crippen LogP contribution in [-0.2, 0) is 21.2 Å². The summed E-state index contributed by atoms with van der Waals surface area (Å²) in [5, 5.41) is 2.74. The molecule has 2 N–H and O–H groups in total. The Hall–Kier alpha value is -2.38. The molecular weight excluding hydrogens is 328 g/mol. The molecule has 0 saturated heterocycles. The fourth-order valence-electron chi connectivity index (χ4n) is 2.48. The number of hydrogen-bond donors (Lipinski definition) is 2. The zero-order chi connectivity index (χ0) is 17.2. The molecule has 2 aromatic rings. The summed E-state index contributed by atoms with van der Waals surface area (Å²) < 4.78 is 32.4. The van der Waals surface area contributed by atoms with Gasteiger partial charge in [0.2, 0.25) is 10.0 Å². The van der Waals surface area contributed by atoms with Crippen LogP contribution >= 0.6 is 0 Å². The Morgan fingerprint density at radius 2 is 2.04 bits per heavy atom. The molecule has 1 amide bonds. The lowest BCUT2D eigenvalue weighted by Gasteiger charge is -2.18. The average molecular weight is 346 g/mol. The van der Waals surface area contributed by atoms with Crippen molar-refractivity contribution in [1.29, 1.82) is 0 Å². The number of rotatable bonds is 5. The van der Waals surface area contributed by atoms with Crippen LogP contribution in [0.1, 0.15) is 11.1 Å². The van der Waals surface area contributed by atoms with Crippen molar-refractivity contribution in [1.82, 2.24) is 4.72 Å². The summed E-state index contributed by atoms with van der Waals surface area (Å²) >= 11 is 0. The van der Waals surface area contributed by atoms with Crippen molar-refractivity contribution in [2.24, 2.45) is 0 Å². The molecule has 126 valence electrons. The lowest BCUT2D eigenvalue weighted by atomic mass is 10.1. The fraction of sp³-hybridized carbons (Fsp3) is 0.235. The predicted molar refractivity (Wildman–Crippen MR) is 90.6 cm³/mol. The van der Waals surface area contributed by atoms with Crippen LogP contribution < -0.4 is 14.8 Å². The van der Waals surface area contributed by atoms with Gasteiger partial charge < -0.3 is 10.1 Å². The first-order valence-electron chi connectivity index (χ1n) is 7.56. The van der Waals surface area contributed by atoms with Crippen LogP contribution in [0.2, 0.25) is 0 Å². The van der Waals surface area contributed by atoms with E-state index in [0.29, 0.717) is 17.9 Å². The third kappa shape index (κ3) is 3.74. The second-order valence-corrected chi connectivity index (χ2v) is 7.40. The summed E-state index contributed by atoms with van der Waals surface area (Å²) in [5.41, 5.74) is 2.42. The van der Waals surface area contributed by atoms with Crippen LogP contribution in [0.3, 0.4) is 0 Å². The fourth-order valence-corrected chi connectivity index (χ4v) is 3.62. The van der Waals surface area contributed by atoms with Crippen LogP contribution in [0.15, 0.2) is 47.4 Å². The Labute approximate surface area is 140 Å². The third-order valence-electron chi connectivity index (χ3n) is 3.68. The number of amides is 1. The van der Waals surface area contributed by atoms with E-state index in [4.69, 9.17) is 4.74 Å². The molecule has 3 rings (SSSR count). The number of nitrogens with one attached hydrogen (secondary N) is 2. The summed E-state index contributed by atoms with van der Waals surface area (Å²) in [5.74, 6) is 0.429. The number of aryl methyl sites for hydroxylation is 1. The number of fused-ring (bicyclic) bond motifs is 1. The van der Waals surface area contributed by atoms with Gasteiger partial charge in [-0.05, 0) is 48.7 Å². The van der Waals surface area contributed by atoms with Crippen molar-refractivity contribution in [3.63, 3.8) is 0 Å². The molecule has 0 bridgehead atoms. The molecule has 2 aromatic carbocycles. The number of hydrogen-bond acceptors (Lipinski definition) is 4. The highest BCUT2D eigenvalue weighted by Crippen LogP contribution is 2.28. The Morgan fingerprint density at radius 3 is 2.83 bits per heavy atom. The number of sulfonamides is 1. The van der Waals surface area contributed by atoms with Gasteiger partial charge in [0, 0.05) is 6.54 Å². The Bertz CT molecular complexity index is 878. The molecule has 0 spiro atoms. The topological polar surface area (TPSA) is 84.5 Å². The normalized spacial score (nSPS) is 13.8. The minimum atomic E-state index is -3.52. The third-order valence-corrected chi connectivity index (χ3v) is 5.14. The SMILES string of the molecule is Cc1cccc(S(=O)(=O)NCCc2ccc3c(c2)NC(=O)CO3)c1. The minimum Gasteiger partial charge on any atom is -0.482 e. The maximum absolute atomic E-state index is 12.3. The van der Waals surface area contributed by atoms with E-state index < -0.39 is 10.0 Å². The van der Waals surface area contributed by atoms with Gasteiger partial charge >= 0.3 is 0 Å². The van der Waals surface area contributed by atoms with Gasteiger partial charge in [0.15, 0.2) is 6.61 Å². The van der Waals surface area contributed by atoms with Gasteiger partial charge in [-0.25, -0.2) is 13.1 Å². The summed E-state index contributed by atoms with van der Waals surface area (Å²) in [7, 11) is -3.52. The van der Waals surface area contributed by atoms with Gasteiger partial charge in [0.1, 0.15) is 5.75 Å². The van der Waals surface area contributed by atoms with E-state index in [9.17, 15) is 13.2 Å². The zero-order valence-electron chi connectivity index (χ0n) is 13.2. The summed E-state index contributed by atoms with van der Waals surface area (Å²) in [4.78, 5) is 11.6. The van der Waals surface area contributed by atoms with Crippen LogP contribution in [0.4, 0.5) is 5.69 Å². The van der Waals surface area contributed by atoms with Crippen LogP contribution in [-0.4, -0.2) is 27.5 Å². The zero-order valence-corrected chi connectivity index (χ0v) is 14.0. The number of benzene rings is 2. The molecule has 0 aromatic heterocycles. The van der Waals surface area contributed by atoms with Crippen molar-refractivity contribution < 1.29 is 17.9 Å². The van der Waals surface area contributed by atoms with Crippen LogP contribution in [0, 0.1) is 6.92 Å². The average Bonchev–Trinajstić information content (AvgIpc) is 2.54. The van der Waals surface area contributed by atoms with Crippen molar-refractivity contribution in [2.75, 3.05) is 18.5 Å². The molecular formula is C17H18N2O4S. The smallest absolute Gasteiger partial charge is 0.262 e. The highest BCUT2D eigenvalue weighted by atomic mass is 32.2. The van der Waals surface area contributed by atoms with Crippen molar-refractivity contribution in [3.8, 4) is 5.75 Å². The first-order chi connectivity index (χ1) is 11.4. The van der Waals surface area contributed by atoms with Crippen molar-refractivity contribution in [2.45, 2.75) is 18.2 Å². The van der Waals surface area contributed by atoms with Crippen LogP contribution in [0.5, 0.6) is 5.75 Å². The van der Waals surface area contributed by atoms with E-state index in [1.165, 1.54) is 0 Å². The predicted octanol–water partition coefficient (Wildman–Crippen LogP) is 1.85. The van der Waals surface area contributed by atoms with E-state index in [1.807, 2.05) is 19.1 Å². The maximum atomic E-state index is 12.3. The van der Waals surface area contributed by atoms with E-state index in [2.05, 4.69) is 10.0 Å². The summed E-state index contributed by atoms with van der Waals surface area (Å²) in [6.07, 6.45) is 0.508. The Morgan fingerprint density at radius 1 is 1.21 bits per heavy atom. The van der Waals surface area contributed by atoms with Crippen molar-refractivity contribution >= 4 is 21.6 Å². The maximum Gasteiger partial charge on any atom is 0.262 e. The summed E-state index contributed by atoms with van der Waals surface area (Å²) in [6.45, 7) is 2.13. The summed E-state index contributed by atoms with van der Waals surface area (Å²) in [6, 6.07) is 12.2. The van der Waals surface area contributed by atoms with Gasteiger partial charge in [-0.15, -0.1) is 0 Å². The van der Waals surface area contributed by atoms with E-state index >= 15 is 0 Å². The minimum absolute atomic E-state index is 0.0165. The molecule has 24 heavy (non-hydrogen) atoms. The van der Waals surface area contributed by atoms with Gasteiger partial charge in [0.25, 0.3) is 5.91 Å². The molecule has 0 aliphatic carbocycles.